The first-order chi connectivity index (χ1) is 8.59. The summed E-state index contributed by atoms with van der Waals surface area (Å²) in [6.45, 7) is 1.76. The van der Waals surface area contributed by atoms with E-state index in [1.165, 1.54) is 0 Å². The average molecular weight is 254 g/mol. The van der Waals surface area contributed by atoms with Gasteiger partial charge < -0.3 is 10.0 Å². The van der Waals surface area contributed by atoms with Gasteiger partial charge in [0.15, 0.2) is 0 Å². The fraction of sp³-hybridized carbons (Fsp3) is 0.846. The number of hydrogen-bond donors (Lipinski definition) is 1. The van der Waals surface area contributed by atoms with E-state index in [4.69, 9.17) is 5.11 Å². The van der Waals surface area contributed by atoms with Crippen LogP contribution >= 0.6 is 0 Å². The van der Waals surface area contributed by atoms with E-state index in [1.54, 1.807) is 4.90 Å². The van der Waals surface area contributed by atoms with Crippen molar-refractivity contribution in [3.63, 3.8) is 0 Å². The van der Waals surface area contributed by atoms with E-state index in [1.807, 2.05) is 7.05 Å². The molecule has 5 nitrogen and oxygen atoms in total. The van der Waals surface area contributed by atoms with Crippen molar-refractivity contribution in [2.75, 3.05) is 20.1 Å². The molecular weight excluding hydrogens is 232 g/mol. The Morgan fingerprint density at radius 1 is 1.33 bits per heavy atom. The SMILES string of the molecule is CN1CCC(N2CCCCC2CCC(=O)O)C1=O. The van der Waals surface area contributed by atoms with E-state index >= 15 is 0 Å². The molecule has 1 N–H and O–H groups in total. The molecule has 1 amide bonds. The molecule has 2 unspecified atom stereocenters. The molecule has 102 valence electrons. The molecular formula is C13H22N2O3. The summed E-state index contributed by atoms with van der Waals surface area (Å²) in [5.74, 6) is -0.535. The maximum absolute atomic E-state index is 12.1. The zero-order valence-corrected chi connectivity index (χ0v) is 11.0. The Bertz CT molecular complexity index is 332. The zero-order chi connectivity index (χ0) is 13.1. The highest BCUT2D eigenvalue weighted by atomic mass is 16.4. The monoisotopic (exact) mass is 254 g/mol. The Labute approximate surface area is 108 Å². The predicted molar refractivity (Wildman–Crippen MR) is 67.3 cm³/mol. The van der Waals surface area contributed by atoms with E-state index in [0.717, 1.165) is 38.8 Å². The number of hydrogen-bond acceptors (Lipinski definition) is 3. The second-order valence-electron chi connectivity index (χ2n) is 5.38. The molecule has 5 heteroatoms. The Morgan fingerprint density at radius 2 is 2.11 bits per heavy atom. The molecule has 0 spiro atoms. The molecule has 2 rings (SSSR count). The summed E-state index contributed by atoms with van der Waals surface area (Å²) in [6.07, 6.45) is 5.06. The lowest BCUT2D eigenvalue weighted by molar-refractivity contribution is -0.137. The standard InChI is InChI=1S/C13H22N2O3/c1-14-9-7-11(13(14)18)15-8-3-2-4-10(15)5-6-12(16)17/h10-11H,2-9H2,1H3,(H,16,17). The Hall–Kier alpha value is -1.10. The summed E-state index contributed by atoms with van der Waals surface area (Å²) >= 11 is 0. The highest BCUT2D eigenvalue weighted by Crippen LogP contribution is 2.27. The van der Waals surface area contributed by atoms with Crippen LogP contribution in [0.3, 0.4) is 0 Å². The van der Waals surface area contributed by atoms with Gasteiger partial charge in [-0.25, -0.2) is 0 Å². The van der Waals surface area contributed by atoms with Gasteiger partial charge in [0, 0.05) is 26.1 Å². The third-order valence-corrected chi connectivity index (χ3v) is 4.16. The molecule has 2 atom stereocenters. The lowest BCUT2D eigenvalue weighted by Crippen LogP contribution is -2.49. The minimum atomic E-state index is -0.740. The first kappa shape index (κ1) is 13.3. The minimum absolute atomic E-state index is 0.00547. The van der Waals surface area contributed by atoms with Crippen LogP contribution in [0.4, 0.5) is 0 Å². The smallest absolute Gasteiger partial charge is 0.303 e. The Kier molecular flexibility index (Phi) is 4.22. The Morgan fingerprint density at radius 3 is 2.72 bits per heavy atom. The number of aliphatic carboxylic acids is 1. The second kappa shape index (κ2) is 5.69. The largest absolute Gasteiger partial charge is 0.481 e. The highest BCUT2D eigenvalue weighted by molar-refractivity contribution is 5.83. The maximum atomic E-state index is 12.1. The van der Waals surface area contributed by atoms with E-state index < -0.39 is 5.97 Å². The topological polar surface area (TPSA) is 60.9 Å². The van der Waals surface area contributed by atoms with Crippen LogP contribution in [0.2, 0.25) is 0 Å². The second-order valence-corrected chi connectivity index (χ2v) is 5.38. The summed E-state index contributed by atoms with van der Waals surface area (Å²) in [6, 6.07) is 0.268. The first-order valence-corrected chi connectivity index (χ1v) is 6.82. The normalized spacial score (nSPS) is 29.8. The third kappa shape index (κ3) is 2.83. The van der Waals surface area contributed by atoms with E-state index in [2.05, 4.69) is 4.90 Å². The molecule has 2 aliphatic rings. The van der Waals surface area contributed by atoms with Gasteiger partial charge >= 0.3 is 5.97 Å². The van der Waals surface area contributed by atoms with E-state index in [-0.39, 0.29) is 24.4 Å². The van der Waals surface area contributed by atoms with Gasteiger partial charge in [0.2, 0.25) is 5.91 Å². The fourth-order valence-electron chi connectivity index (χ4n) is 3.14. The van der Waals surface area contributed by atoms with Gasteiger partial charge in [-0.15, -0.1) is 0 Å². The fourth-order valence-corrected chi connectivity index (χ4v) is 3.14. The van der Waals surface area contributed by atoms with Crippen LogP contribution in [-0.4, -0.2) is 59.0 Å². The maximum Gasteiger partial charge on any atom is 0.303 e. The van der Waals surface area contributed by atoms with Gasteiger partial charge in [0.05, 0.1) is 6.04 Å². The van der Waals surface area contributed by atoms with Crippen LogP contribution in [0.5, 0.6) is 0 Å². The number of rotatable bonds is 4. The molecule has 0 aromatic carbocycles. The molecule has 0 aliphatic carbocycles. The average Bonchev–Trinajstić information content (AvgIpc) is 2.68. The molecule has 0 aromatic rings. The summed E-state index contributed by atoms with van der Waals surface area (Å²) in [5, 5.41) is 8.80. The quantitative estimate of drug-likeness (QED) is 0.811. The van der Waals surface area contributed by atoms with Gasteiger partial charge in [0.25, 0.3) is 0 Å². The third-order valence-electron chi connectivity index (χ3n) is 4.16. The number of carboxylic acids is 1. The van der Waals surface area contributed by atoms with E-state index in [9.17, 15) is 9.59 Å². The molecule has 18 heavy (non-hydrogen) atoms. The summed E-state index contributed by atoms with van der Waals surface area (Å²) in [5.41, 5.74) is 0. The van der Waals surface area contributed by atoms with Gasteiger partial charge in [-0.2, -0.15) is 0 Å². The molecule has 2 saturated heterocycles. The minimum Gasteiger partial charge on any atom is -0.481 e. The number of amides is 1. The Balaban J connectivity index is 1.99. The number of carbonyl (C=O) groups excluding carboxylic acids is 1. The summed E-state index contributed by atoms with van der Waals surface area (Å²) < 4.78 is 0. The zero-order valence-electron chi connectivity index (χ0n) is 11.0. The predicted octanol–water partition coefficient (Wildman–Crippen LogP) is 0.936. The summed E-state index contributed by atoms with van der Waals surface area (Å²) in [4.78, 5) is 26.8. The molecule has 2 heterocycles. The number of carbonyl (C=O) groups is 2. The van der Waals surface area contributed by atoms with Crippen molar-refractivity contribution in [3.05, 3.63) is 0 Å². The van der Waals surface area contributed by atoms with Crippen LogP contribution < -0.4 is 0 Å². The van der Waals surface area contributed by atoms with Crippen molar-refractivity contribution >= 4 is 11.9 Å². The van der Waals surface area contributed by atoms with Crippen LogP contribution in [-0.2, 0) is 9.59 Å². The van der Waals surface area contributed by atoms with Crippen LogP contribution in [0.1, 0.15) is 38.5 Å². The van der Waals surface area contributed by atoms with E-state index in [0.29, 0.717) is 6.42 Å². The van der Waals surface area contributed by atoms with Crippen molar-refractivity contribution in [2.24, 2.45) is 0 Å². The molecule has 2 fully saturated rings. The van der Waals surface area contributed by atoms with Crippen molar-refractivity contribution < 1.29 is 14.7 Å². The molecule has 0 aromatic heterocycles. The molecule has 0 bridgehead atoms. The van der Waals surface area contributed by atoms with Gasteiger partial charge in [-0.1, -0.05) is 6.42 Å². The number of likely N-dealkylation sites (tertiary alicyclic amines) is 2. The first-order valence-electron chi connectivity index (χ1n) is 6.82. The van der Waals surface area contributed by atoms with Crippen molar-refractivity contribution in [2.45, 2.75) is 50.6 Å². The summed E-state index contributed by atoms with van der Waals surface area (Å²) in [7, 11) is 1.85. The van der Waals surface area contributed by atoms with Crippen molar-refractivity contribution in [1.29, 1.82) is 0 Å². The van der Waals surface area contributed by atoms with Crippen LogP contribution in [0, 0.1) is 0 Å². The number of carboxylic acid groups (broad SMARTS) is 1. The van der Waals surface area contributed by atoms with Gasteiger partial charge in [-0.3, -0.25) is 14.5 Å². The van der Waals surface area contributed by atoms with Gasteiger partial charge in [-0.05, 0) is 32.2 Å². The van der Waals surface area contributed by atoms with Crippen molar-refractivity contribution in [3.8, 4) is 0 Å². The number of likely N-dealkylation sites (N-methyl/N-ethyl adjacent to an activating group) is 1. The number of nitrogens with zero attached hydrogens (tertiary/aromatic N) is 2. The number of piperidine rings is 1. The highest BCUT2D eigenvalue weighted by Gasteiger charge is 2.38. The van der Waals surface area contributed by atoms with Crippen molar-refractivity contribution in [1.82, 2.24) is 9.80 Å². The van der Waals surface area contributed by atoms with Gasteiger partial charge in [0.1, 0.15) is 0 Å². The lowest BCUT2D eigenvalue weighted by Gasteiger charge is -2.38. The van der Waals surface area contributed by atoms with Crippen LogP contribution in [0.25, 0.3) is 0 Å². The lowest BCUT2D eigenvalue weighted by atomic mass is 9.95. The molecule has 2 aliphatic heterocycles. The molecule has 0 radical (unpaired) electrons. The van der Waals surface area contributed by atoms with Crippen LogP contribution in [0.15, 0.2) is 0 Å². The molecule has 0 saturated carbocycles.